The molecular formula is C14H25N3O4. The van der Waals surface area contributed by atoms with E-state index in [1.165, 1.54) is 4.90 Å². The van der Waals surface area contributed by atoms with Crippen LogP contribution in [0.15, 0.2) is 0 Å². The van der Waals surface area contributed by atoms with Crippen molar-refractivity contribution in [3.05, 3.63) is 0 Å². The molecular weight excluding hydrogens is 274 g/mol. The molecule has 3 amide bonds. The average Bonchev–Trinajstić information content (AvgIpc) is 2.44. The van der Waals surface area contributed by atoms with E-state index in [-0.39, 0.29) is 24.8 Å². The number of amides is 3. The Labute approximate surface area is 125 Å². The molecule has 1 heterocycles. The lowest BCUT2D eigenvalue weighted by Gasteiger charge is -2.37. The summed E-state index contributed by atoms with van der Waals surface area (Å²) in [5.41, 5.74) is 0. The van der Waals surface area contributed by atoms with Gasteiger partial charge in [-0.3, -0.25) is 4.79 Å². The third-order valence-electron chi connectivity index (χ3n) is 3.65. The number of nitrogens with zero attached hydrogens (tertiary/aromatic N) is 1. The topological polar surface area (TPSA) is 98.7 Å². The van der Waals surface area contributed by atoms with Crippen LogP contribution in [0.25, 0.3) is 0 Å². The lowest BCUT2D eigenvalue weighted by atomic mass is 9.91. The number of likely N-dealkylation sites (tertiary alicyclic amines) is 1. The van der Waals surface area contributed by atoms with Gasteiger partial charge >= 0.3 is 12.0 Å². The first-order chi connectivity index (χ1) is 9.97. The number of nitrogens with one attached hydrogen (secondary N) is 2. The van der Waals surface area contributed by atoms with E-state index in [2.05, 4.69) is 10.6 Å². The van der Waals surface area contributed by atoms with Gasteiger partial charge in [0.1, 0.15) is 6.04 Å². The maximum absolute atomic E-state index is 12.1. The molecule has 0 aromatic carbocycles. The van der Waals surface area contributed by atoms with Gasteiger partial charge in [0.25, 0.3) is 0 Å². The Hall–Kier alpha value is -1.79. The van der Waals surface area contributed by atoms with E-state index in [0.717, 1.165) is 19.3 Å². The van der Waals surface area contributed by atoms with E-state index in [1.54, 1.807) is 0 Å². The summed E-state index contributed by atoms with van der Waals surface area (Å²) in [6.07, 6.45) is 2.67. The molecule has 120 valence electrons. The molecule has 2 atom stereocenters. The molecule has 3 N–H and O–H groups in total. The molecule has 2 unspecified atom stereocenters. The summed E-state index contributed by atoms with van der Waals surface area (Å²) in [5.74, 6) is -1.15. The summed E-state index contributed by atoms with van der Waals surface area (Å²) in [6.45, 7) is 5.08. The Balaban J connectivity index is 2.42. The van der Waals surface area contributed by atoms with Gasteiger partial charge in [-0.05, 0) is 25.2 Å². The van der Waals surface area contributed by atoms with Crippen LogP contribution in [-0.2, 0) is 9.59 Å². The van der Waals surface area contributed by atoms with Gasteiger partial charge < -0.3 is 20.6 Å². The Morgan fingerprint density at radius 3 is 2.57 bits per heavy atom. The van der Waals surface area contributed by atoms with Crippen LogP contribution in [0.2, 0.25) is 0 Å². The molecule has 1 rings (SSSR count). The highest BCUT2D eigenvalue weighted by atomic mass is 16.4. The van der Waals surface area contributed by atoms with Gasteiger partial charge in [-0.1, -0.05) is 13.8 Å². The van der Waals surface area contributed by atoms with E-state index >= 15 is 0 Å². The molecule has 0 saturated carbocycles. The number of aliphatic carboxylic acids is 1. The van der Waals surface area contributed by atoms with Crippen molar-refractivity contribution in [2.24, 2.45) is 5.92 Å². The summed E-state index contributed by atoms with van der Waals surface area (Å²) < 4.78 is 0. The van der Waals surface area contributed by atoms with Crippen molar-refractivity contribution in [1.29, 1.82) is 0 Å². The SMILES string of the molecule is CCCNC(=O)CCNC(=O)N1CCCC(C)C1C(=O)O. The number of carboxylic acids is 1. The van der Waals surface area contributed by atoms with E-state index in [1.807, 2.05) is 13.8 Å². The molecule has 21 heavy (non-hydrogen) atoms. The molecule has 7 nitrogen and oxygen atoms in total. The molecule has 0 radical (unpaired) electrons. The smallest absolute Gasteiger partial charge is 0.326 e. The number of rotatable bonds is 6. The second-order valence-corrected chi connectivity index (χ2v) is 5.43. The third-order valence-corrected chi connectivity index (χ3v) is 3.65. The number of piperidine rings is 1. The van der Waals surface area contributed by atoms with Gasteiger partial charge in [-0.25, -0.2) is 9.59 Å². The molecule has 1 aliphatic heterocycles. The maximum Gasteiger partial charge on any atom is 0.326 e. The van der Waals surface area contributed by atoms with Gasteiger partial charge in [0, 0.05) is 26.1 Å². The van der Waals surface area contributed by atoms with Crippen molar-refractivity contribution in [3.63, 3.8) is 0 Å². The average molecular weight is 299 g/mol. The molecule has 1 saturated heterocycles. The summed E-state index contributed by atoms with van der Waals surface area (Å²) in [6, 6.07) is -1.19. The number of hydrogen-bond acceptors (Lipinski definition) is 3. The fourth-order valence-corrected chi connectivity index (χ4v) is 2.53. The van der Waals surface area contributed by atoms with E-state index in [9.17, 15) is 19.5 Å². The fraction of sp³-hybridized carbons (Fsp3) is 0.786. The second-order valence-electron chi connectivity index (χ2n) is 5.43. The van der Waals surface area contributed by atoms with Crippen LogP contribution in [0.1, 0.15) is 39.5 Å². The third kappa shape index (κ3) is 5.24. The molecule has 7 heteroatoms. The van der Waals surface area contributed by atoms with Crippen molar-refractivity contribution in [2.45, 2.75) is 45.6 Å². The fourth-order valence-electron chi connectivity index (χ4n) is 2.53. The minimum Gasteiger partial charge on any atom is -0.480 e. The van der Waals surface area contributed by atoms with Crippen LogP contribution in [0.4, 0.5) is 4.79 Å². The largest absolute Gasteiger partial charge is 0.480 e. The first-order valence-corrected chi connectivity index (χ1v) is 7.51. The van der Waals surface area contributed by atoms with Gasteiger partial charge in [0.05, 0.1) is 0 Å². The highest BCUT2D eigenvalue weighted by molar-refractivity contribution is 5.83. The summed E-state index contributed by atoms with van der Waals surface area (Å²) in [4.78, 5) is 36.1. The number of carbonyl (C=O) groups excluding carboxylic acids is 2. The predicted molar refractivity (Wildman–Crippen MR) is 77.8 cm³/mol. The normalized spacial score (nSPS) is 21.7. The molecule has 0 aromatic rings. The first kappa shape index (κ1) is 17.3. The minimum absolute atomic E-state index is 0.0603. The van der Waals surface area contributed by atoms with Crippen molar-refractivity contribution < 1.29 is 19.5 Å². The zero-order valence-corrected chi connectivity index (χ0v) is 12.7. The Morgan fingerprint density at radius 2 is 1.95 bits per heavy atom. The lowest BCUT2D eigenvalue weighted by Crippen LogP contribution is -2.55. The molecule has 1 aliphatic rings. The molecule has 1 fully saturated rings. The van der Waals surface area contributed by atoms with E-state index in [0.29, 0.717) is 13.1 Å². The first-order valence-electron chi connectivity index (χ1n) is 7.51. The predicted octanol–water partition coefficient (Wildman–Crippen LogP) is 0.797. The van der Waals surface area contributed by atoms with Crippen LogP contribution in [0.3, 0.4) is 0 Å². The van der Waals surface area contributed by atoms with Gasteiger partial charge in [0.15, 0.2) is 0 Å². The van der Waals surface area contributed by atoms with Crippen molar-refractivity contribution >= 4 is 17.9 Å². The number of carbonyl (C=O) groups is 3. The molecule has 0 aromatic heterocycles. The Morgan fingerprint density at radius 1 is 1.24 bits per heavy atom. The molecule has 0 aliphatic carbocycles. The van der Waals surface area contributed by atoms with Crippen molar-refractivity contribution in [1.82, 2.24) is 15.5 Å². The second kappa shape index (κ2) is 8.49. The lowest BCUT2D eigenvalue weighted by molar-refractivity contribution is -0.145. The maximum atomic E-state index is 12.1. The van der Waals surface area contributed by atoms with Crippen LogP contribution >= 0.6 is 0 Å². The van der Waals surface area contributed by atoms with Crippen molar-refractivity contribution in [3.8, 4) is 0 Å². The molecule has 0 bridgehead atoms. The van der Waals surface area contributed by atoms with E-state index < -0.39 is 18.0 Å². The van der Waals surface area contributed by atoms with Crippen LogP contribution in [0.5, 0.6) is 0 Å². The zero-order chi connectivity index (χ0) is 15.8. The minimum atomic E-state index is -0.974. The Kier molecular flexibility index (Phi) is 6.98. The zero-order valence-electron chi connectivity index (χ0n) is 12.7. The summed E-state index contributed by atoms with van der Waals surface area (Å²) in [7, 11) is 0. The number of carboxylic acid groups (broad SMARTS) is 1. The van der Waals surface area contributed by atoms with Crippen LogP contribution in [0, 0.1) is 5.92 Å². The van der Waals surface area contributed by atoms with Gasteiger partial charge in [0.2, 0.25) is 5.91 Å². The van der Waals surface area contributed by atoms with Crippen molar-refractivity contribution in [2.75, 3.05) is 19.6 Å². The van der Waals surface area contributed by atoms with Gasteiger partial charge in [-0.2, -0.15) is 0 Å². The van der Waals surface area contributed by atoms with E-state index in [4.69, 9.17) is 0 Å². The standard InChI is InChI=1S/C14H25N3O4/c1-3-7-15-11(18)6-8-16-14(21)17-9-4-5-10(2)12(17)13(19)20/h10,12H,3-9H2,1-2H3,(H,15,18)(H,16,21)(H,19,20). The highest BCUT2D eigenvalue weighted by Crippen LogP contribution is 2.23. The molecule has 0 spiro atoms. The summed E-state index contributed by atoms with van der Waals surface area (Å²) in [5, 5.41) is 14.6. The monoisotopic (exact) mass is 299 g/mol. The quantitative estimate of drug-likeness (QED) is 0.675. The number of hydrogen-bond donors (Lipinski definition) is 3. The highest BCUT2D eigenvalue weighted by Gasteiger charge is 2.36. The number of urea groups is 1. The van der Waals surface area contributed by atoms with Crippen LogP contribution in [-0.4, -0.2) is 53.6 Å². The Bertz CT molecular complexity index is 386. The van der Waals surface area contributed by atoms with Crippen LogP contribution < -0.4 is 10.6 Å². The van der Waals surface area contributed by atoms with Gasteiger partial charge in [-0.15, -0.1) is 0 Å². The summed E-state index contributed by atoms with van der Waals surface area (Å²) >= 11 is 0.